The van der Waals surface area contributed by atoms with E-state index in [2.05, 4.69) is 0 Å². The molecule has 0 aliphatic heterocycles. The summed E-state index contributed by atoms with van der Waals surface area (Å²) in [6, 6.07) is 0. The van der Waals surface area contributed by atoms with E-state index >= 15 is 0 Å². The second-order valence-corrected chi connectivity index (χ2v) is 2.10. The second kappa shape index (κ2) is 4.63. The predicted molar refractivity (Wildman–Crippen MR) is 28.1 cm³/mol. The van der Waals surface area contributed by atoms with Crippen LogP contribution in [-0.2, 0) is 37.5 Å². The first-order valence-corrected chi connectivity index (χ1v) is 2.91. The quantitative estimate of drug-likeness (QED) is 0.561. The molecule has 0 unspecified atom stereocenters. The molecule has 0 N–H and O–H groups in total. The zero-order valence-electron chi connectivity index (χ0n) is 5.02. The molecule has 0 aromatic carbocycles. The van der Waals surface area contributed by atoms with Gasteiger partial charge in [0.15, 0.2) is 0 Å². The van der Waals surface area contributed by atoms with E-state index in [9.17, 15) is 4.79 Å². The topological polar surface area (TPSA) is 17.1 Å². The number of Topliss-reactive ketones (excluding diaryl/α,β-unsaturated/α-hetero) is 1. The van der Waals surface area contributed by atoms with Crippen LogP contribution in [0.4, 0.5) is 0 Å². The van der Waals surface area contributed by atoms with Crippen molar-refractivity contribution in [2.45, 2.75) is 32.1 Å². The third kappa shape index (κ3) is 2.93. The van der Waals surface area contributed by atoms with Crippen molar-refractivity contribution in [1.29, 1.82) is 0 Å². The van der Waals surface area contributed by atoms with E-state index in [-0.39, 0.29) is 32.7 Å². The predicted octanol–water partition coefficient (Wildman–Crippen LogP) is 1.52. The van der Waals surface area contributed by atoms with Crippen LogP contribution in [0.25, 0.3) is 0 Å². The third-order valence-electron chi connectivity index (χ3n) is 1.41. The molecular weight excluding hydrogens is 177 g/mol. The van der Waals surface area contributed by atoms with Gasteiger partial charge in [0.25, 0.3) is 0 Å². The summed E-state index contributed by atoms with van der Waals surface area (Å²) in [5.74, 6) is 0.464. The van der Waals surface area contributed by atoms with Gasteiger partial charge in [0.05, 0.1) is 0 Å². The average Bonchev–Trinajstić information content (AvgIpc) is 1.69. The average molecular weight is 187 g/mol. The molecule has 43 valence electrons. The fourth-order valence-electron chi connectivity index (χ4n) is 0.946. The van der Waals surface area contributed by atoms with Crippen molar-refractivity contribution in [2.75, 3.05) is 0 Å². The van der Waals surface area contributed by atoms with Gasteiger partial charge in [-0.1, -0.05) is 6.42 Å². The van der Waals surface area contributed by atoms with E-state index in [1.165, 1.54) is 6.42 Å². The second-order valence-electron chi connectivity index (χ2n) is 2.10. The van der Waals surface area contributed by atoms with Gasteiger partial charge in [0.1, 0.15) is 5.78 Å². The Balaban J connectivity index is 0.000000490. The first-order chi connectivity index (χ1) is 3.39. The van der Waals surface area contributed by atoms with Gasteiger partial charge in [-0.05, 0) is 12.8 Å². The molecule has 0 bridgehead atoms. The van der Waals surface area contributed by atoms with Crippen LogP contribution in [0.2, 0.25) is 0 Å². The number of carbonyl (C=O) groups is 1. The van der Waals surface area contributed by atoms with Gasteiger partial charge in [-0.15, -0.1) is 0 Å². The maximum Gasteiger partial charge on any atom is 0.132 e. The minimum Gasteiger partial charge on any atom is -0.300 e. The standard InChI is InChI=1S/C6H10O.Y/c7-6-4-2-1-3-5-6;/h1-5H2;. The molecule has 1 fully saturated rings. The van der Waals surface area contributed by atoms with E-state index in [0.717, 1.165) is 25.7 Å². The molecule has 0 amide bonds. The summed E-state index contributed by atoms with van der Waals surface area (Å²) in [7, 11) is 0. The number of carbonyl (C=O) groups excluding carboxylic acids is 1. The van der Waals surface area contributed by atoms with Crippen LogP contribution in [0, 0.1) is 0 Å². The Kier molecular flexibility index (Phi) is 5.08. The third-order valence-corrected chi connectivity index (χ3v) is 1.41. The summed E-state index contributed by atoms with van der Waals surface area (Å²) in [6.45, 7) is 0. The largest absolute Gasteiger partial charge is 0.300 e. The van der Waals surface area contributed by atoms with Crippen molar-refractivity contribution in [3.8, 4) is 0 Å². The number of ketones is 1. The van der Waals surface area contributed by atoms with Gasteiger partial charge in [-0.3, -0.25) is 4.79 Å². The number of hydrogen-bond acceptors (Lipinski definition) is 1. The first kappa shape index (κ1) is 8.77. The minimum absolute atomic E-state index is 0. The van der Waals surface area contributed by atoms with Gasteiger partial charge >= 0.3 is 0 Å². The number of hydrogen-bond donors (Lipinski definition) is 0. The monoisotopic (exact) mass is 187 g/mol. The molecule has 8 heavy (non-hydrogen) atoms. The van der Waals surface area contributed by atoms with Crippen LogP contribution in [0.5, 0.6) is 0 Å². The molecule has 2 heteroatoms. The molecule has 0 aromatic heterocycles. The van der Waals surface area contributed by atoms with Crippen LogP contribution in [0.3, 0.4) is 0 Å². The summed E-state index contributed by atoms with van der Waals surface area (Å²) in [5.41, 5.74) is 0. The van der Waals surface area contributed by atoms with E-state index in [0.29, 0.717) is 5.78 Å². The summed E-state index contributed by atoms with van der Waals surface area (Å²) >= 11 is 0. The molecule has 1 saturated carbocycles. The van der Waals surface area contributed by atoms with E-state index in [4.69, 9.17) is 0 Å². The van der Waals surface area contributed by atoms with Crippen molar-refractivity contribution in [3.63, 3.8) is 0 Å². The number of rotatable bonds is 0. The summed E-state index contributed by atoms with van der Waals surface area (Å²) in [5, 5.41) is 0. The Morgan fingerprint density at radius 1 is 1.00 bits per heavy atom. The van der Waals surface area contributed by atoms with Crippen molar-refractivity contribution in [1.82, 2.24) is 0 Å². The van der Waals surface area contributed by atoms with Gasteiger partial charge in [0.2, 0.25) is 0 Å². The minimum atomic E-state index is 0. The summed E-state index contributed by atoms with van der Waals surface area (Å²) in [4.78, 5) is 10.5. The molecule has 0 heterocycles. The van der Waals surface area contributed by atoms with Crippen molar-refractivity contribution in [2.24, 2.45) is 0 Å². The van der Waals surface area contributed by atoms with Gasteiger partial charge in [0, 0.05) is 45.6 Å². The van der Waals surface area contributed by atoms with Crippen LogP contribution in [0.1, 0.15) is 32.1 Å². The Bertz CT molecular complexity index is 72.6. The normalized spacial score (nSPS) is 19.8. The molecule has 1 aliphatic carbocycles. The van der Waals surface area contributed by atoms with Gasteiger partial charge in [-0.25, -0.2) is 0 Å². The zero-order valence-corrected chi connectivity index (χ0v) is 7.86. The van der Waals surface area contributed by atoms with Crippen LogP contribution >= 0.6 is 0 Å². The summed E-state index contributed by atoms with van der Waals surface area (Å²) < 4.78 is 0. The molecule has 1 radical (unpaired) electrons. The maximum atomic E-state index is 10.5. The fourth-order valence-corrected chi connectivity index (χ4v) is 0.946. The van der Waals surface area contributed by atoms with E-state index in [1.54, 1.807) is 0 Å². The maximum absolute atomic E-state index is 10.5. The molecule has 0 saturated heterocycles. The molecule has 1 nitrogen and oxygen atoms in total. The van der Waals surface area contributed by atoms with E-state index in [1.807, 2.05) is 0 Å². The van der Waals surface area contributed by atoms with Crippen molar-refractivity contribution >= 4 is 5.78 Å². The Morgan fingerprint density at radius 2 is 1.50 bits per heavy atom. The van der Waals surface area contributed by atoms with Crippen LogP contribution in [0.15, 0.2) is 0 Å². The van der Waals surface area contributed by atoms with Crippen LogP contribution < -0.4 is 0 Å². The smallest absolute Gasteiger partial charge is 0.132 e. The molecular formula is C6H10OY. The Labute approximate surface area is 75.1 Å². The van der Waals surface area contributed by atoms with E-state index < -0.39 is 0 Å². The van der Waals surface area contributed by atoms with Crippen molar-refractivity contribution in [3.05, 3.63) is 0 Å². The molecule has 0 spiro atoms. The summed E-state index contributed by atoms with van der Waals surface area (Å²) in [6.07, 6.45) is 5.24. The first-order valence-electron chi connectivity index (χ1n) is 2.91. The molecule has 0 atom stereocenters. The Hall–Kier alpha value is 0.774. The Morgan fingerprint density at radius 3 is 1.75 bits per heavy atom. The SMILES string of the molecule is O=C1CCCCC1.[Y]. The van der Waals surface area contributed by atoms with Gasteiger partial charge < -0.3 is 0 Å². The zero-order chi connectivity index (χ0) is 5.11. The fraction of sp³-hybridized carbons (Fsp3) is 0.833. The van der Waals surface area contributed by atoms with Gasteiger partial charge in [-0.2, -0.15) is 0 Å². The van der Waals surface area contributed by atoms with Crippen LogP contribution in [-0.4, -0.2) is 5.78 Å². The molecule has 1 rings (SSSR count). The molecule has 0 aromatic rings. The van der Waals surface area contributed by atoms with Crippen molar-refractivity contribution < 1.29 is 37.5 Å². The molecule has 1 aliphatic rings.